The summed E-state index contributed by atoms with van der Waals surface area (Å²) in [5, 5.41) is 5.51. The van der Waals surface area contributed by atoms with E-state index in [4.69, 9.17) is 9.47 Å². The highest BCUT2D eigenvalue weighted by molar-refractivity contribution is 7.20. The fourth-order valence-electron chi connectivity index (χ4n) is 2.98. The second kappa shape index (κ2) is 9.80. The summed E-state index contributed by atoms with van der Waals surface area (Å²) in [6.07, 6.45) is 2.36. The van der Waals surface area contributed by atoms with Crippen LogP contribution in [0.1, 0.15) is 61.7 Å². The van der Waals surface area contributed by atoms with Crippen LogP contribution < -0.4 is 10.6 Å². The lowest BCUT2D eigenvalue weighted by atomic mass is 10.1. The minimum Gasteiger partial charge on any atom is -0.462 e. The Morgan fingerprint density at radius 2 is 1.85 bits per heavy atom. The van der Waals surface area contributed by atoms with Gasteiger partial charge in [0.2, 0.25) is 0 Å². The van der Waals surface area contributed by atoms with Gasteiger partial charge in [-0.3, -0.25) is 9.78 Å². The number of carbonyl (C=O) groups excluding carboxylic acids is 3. The number of ether oxygens (including phenoxy) is 2. The number of H-pyrrole nitrogens is 1. The molecule has 3 N–H and O–H groups in total. The topological polar surface area (TPSA) is 135 Å². The lowest BCUT2D eigenvalue weighted by Gasteiger charge is -2.28. The Bertz CT molecular complexity index is 1180. The number of alkyl carbamates (subject to hydrolysis) is 1. The third-order valence-corrected chi connectivity index (χ3v) is 5.52. The number of nitrogens with zero attached hydrogens (tertiary/aromatic N) is 2. The van der Waals surface area contributed by atoms with Crippen molar-refractivity contribution in [3.05, 3.63) is 35.1 Å². The van der Waals surface area contributed by atoms with Crippen molar-refractivity contribution >= 4 is 39.5 Å². The van der Waals surface area contributed by atoms with Crippen molar-refractivity contribution < 1.29 is 23.9 Å². The van der Waals surface area contributed by atoms with E-state index in [1.54, 1.807) is 53.8 Å². The van der Waals surface area contributed by atoms with Crippen LogP contribution in [0.4, 0.5) is 4.79 Å². The zero-order valence-corrected chi connectivity index (χ0v) is 20.9. The Morgan fingerprint density at radius 1 is 1.12 bits per heavy atom. The highest BCUT2D eigenvalue weighted by Crippen LogP contribution is 2.30. The molecule has 3 aromatic rings. The van der Waals surface area contributed by atoms with Crippen molar-refractivity contribution in [3.8, 4) is 11.4 Å². The van der Waals surface area contributed by atoms with Gasteiger partial charge in [-0.05, 0) is 53.7 Å². The summed E-state index contributed by atoms with van der Waals surface area (Å²) >= 11 is 1.31. The van der Waals surface area contributed by atoms with Crippen molar-refractivity contribution in [2.45, 2.75) is 52.7 Å². The first kappa shape index (κ1) is 25.2. The maximum absolute atomic E-state index is 12.7. The maximum atomic E-state index is 12.7. The zero-order valence-electron chi connectivity index (χ0n) is 20.1. The summed E-state index contributed by atoms with van der Waals surface area (Å²) in [6, 6.07) is 3.58. The van der Waals surface area contributed by atoms with Crippen molar-refractivity contribution in [3.63, 3.8) is 0 Å². The number of carbonyl (C=O) groups is 3. The molecule has 3 rings (SSSR count). The molecule has 0 aromatic carbocycles. The van der Waals surface area contributed by atoms with E-state index < -0.39 is 23.1 Å². The molecule has 0 unspecified atom stereocenters. The van der Waals surface area contributed by atoms with Crippen LogP contribution >= 0.6 is 11.3 Å². The molecule has 0 aliphatic carbocycles. The first-order valence-electron chi connectivity index (χ1n) is 10.8. The fraction of sp³-hybridized carbons (Fsp3) is 0.435. The molecule has 10 nitrogen and oxygen atoms in total. The molecule has 11 heteroatoms. The van der Waals surface area contributed by atoms with E-state index in [1.807, 2.05) is 6.07 Å². The van der Waals surface area contributed by atoms with Gasteiger partial charge in [-0.25, -0.2) is 14.6 Å². The molecular formula is C23H29N5O5S. The van der Waals surface area contributed by atoms with Crippen LogP contribution in [0.2, 0.25) is 0 Å². The summed E-state index contributed by atoms with van der Waals surface area (Å²) in [5.74, 6) is -0.785. The second-order valence-corrected chi connectivity index (χ2v) is 10.4. The number of hydrogen-bond acceptors (Lipinski definition) is 8. The van der Waals surface area contributed by atoms with E-state index in [0.29, 0.717) is 22.9 Å². The summed E-state index contributed by atoms with van der Waals surface area (Å²) in [4.78, 5) is 48.9. The van der Waals surface area contributed by atoms with E-state index in [9.17, 15) is 14.4 Å². The Morgan fingerprint density at radius 3 is 2.50 bits per heavy atom. The number of aromatic nitrogens is 3. The molecular weight excluding hydrogens is 458 g/mol. The molecule has 0 spiro atoms. The van der Waals surface area contributed by atoms with E-state index in [2.05, 4.69) is 25.6 Å². The SMILES string of the molecule is CCOC(=O)c1cc2[nH]c(-c3cncc(C(=O)NCC(C)(C)NC(=O)OC(C)(C)C)n3)cc2s1. The molecule has 0 saturated heterocycles. The molecule has 34 heavy (non-hydrogen) atoms. The van der Waals surface area contributed by atoms with Gasteiger partial charge in [-0.15, -0.1) is 11.3 Å². The molecule has 2 amide bonds. The predicted octanol–water partition coefficient (Wildman–Crippen LogP) is 3.90. The van der Waals surface area contributed by atoms with Gasteiger partial charge >= 0.3 is 12.1 Å². The van der Waals surface area contributed by atoms with Gasteiger partial charge in [0.15, 0.2) is 0 Å². The summed E-state index contributed by atoms with van der Waals surface area (Å²) < 4.78 is 11.2. The predicted molar refractivity (Wildman–Crippen MR) is 129 cm³/mol. The largest absolute Gasteiger partial charge is 0.462 e. The third-order valence-electron chi connectivity index (χ3n) is 4.46. The van der Waals surface area contributed by atoms with Gasteiger partial charge in [0, 0.05) is 6.54 Å². The number of thiophene rings is 1. The minimum atomic E-state index is -0.747. The van der Waals surface area contributed by atoms with Crippen LogP contribution in [0.3, 0.4) is 0 Å². The normalized spacial score (nSPS) is 11.8. The van der Waals surface area contributed by atoms with E-state index in [0.717, 1.165) is 10.2 Å². The molecule has 182 valence electrons. The first-order chi connectivity index (χ1) is 15.9. The molecule has 0 aliphatic rings. The summed E-state index contributed by atoms with van der Waals surface area (Å²) in [5.41, 5.74) is 0.700. The van der Waals surface area contributed by atoms with Crippen LogP contribution in [-0.4, -0.2) is 57.2 Å². The van der Waals surface area contributed by atoms with Crippen molar-refractivity contribution in [1.29, 1.82) is 0 Å². The van der Waals surface area contributed by atoms with Crippen molar-refractivity contribution in [1.82, 2.24) is 25.6 Å². The van der Waals surface area contributed by atoms with Crippen LogP contribution in [0.15, 0.2) is 24.5 Å². The van der Waals surface area contributed by atoms with Gasteiger partial charge < -0.3 is 25.1 Å². The molecule has 0 aliphatic heterocycles. The lowest BCUT2D eigenvalue weighted by molar-refractivity contribution is 0.0467. The molecule has 3 heterocycles. The molecule has 3 aromatic heterocycles. The minimum absolute atomic E-state index is 0.135. The third kappa shape index (κ3) is 6.53. The molecule has 0 bridgehead atoms. The Hall–Kier alpha value is -3.47. The van der Waals surface area contributed by atoms with Gasteiger partial charge in [-0.1, -0.05) is 0 Å². The van der Waals surface area contributed by atoms with Crippen molar-refractivity contribution in [2.75, 3.05) is 13.2 Å². The van der Waals surface area contributed by atoms with Crippen LogP contribution in [0, 0.1) is 0 Å². The summed E-state index contributed by atoms with van der Waals surface area (Å²) in [7, 11) is 0. The van der Waals surface area contributed by atoms with Gasteiger partial charge in [0.25, 0.3) is 5.91 Å². The molecule has 0 saturated carbocycles. The highest BCUT2D eigenvalue weighted by atomic mass is 32.1. The number of nitrogens with one attached hydrogen (secondary N) is 3. The Balaban J connectivity index is 1.66. The average molecular weight is 488 g/mol. The highest BCUT2D eigenvalue weighted by Gasteiger charge is 2.25. The quantitative estimate of drug-likeness (QED) is 0.430. The fourth-order valence-corrected chi connectivity index (χ4v) is 3.94. The van der Waals surface area contributed by atoms with Gasteiger partial charge in [0.1, 0.15) is 21.9 Å². The van der Waals surface area contributed by atoms with Crippen LogP contribution in [-0.2, 0) is 9.47 Å². The smallest absolute Gasteiger partial charge is 0.408 e. The average Bonchev–Trinajstić information content (AvgIpc) is 3.30. The van der Waals surface area contributed by atoms with Crippen LogP contribution in [0.25, 0.3) is 21.6 Å². The lowest BCUT2D eigenvalue weighted by Crippen LogP contribution is -2.52. The Labute approximate surface area is 201 Å². The molecule has 0 radical (unpaired) electrons. The molecule has 0 atom stereocenters. The summed E-state index contributed by atoms with van der Waals surface area (Å²) in [6.45, 7) is 11.1. The van der Waals surface area contributed by atoms with E-state index in [-0.39, 0.29) is 18.2 Å². The first-order valence-corrected chi connectivity index (χ1v) is 11.6. The second-order valence-electron chi connectivity index (χ2n) is 9.28. The van der Waals surface area contributed by atoms with E-state index in [1.165, 1.54) is 17.5 Å². The number of hydrogen-bond donors (Lipinski definition) is 3. The van der Waals surface area contributed by atoms with Gasteiger partial charge in [0.05, 0.1) is 40.5 Å². The number of fused-ring (bicyclic) bond motifs is 1. The maximum Gasteiger partial charge on any atom is 0.408 e. The van der Waals surface area contributed by atoms with Gasteiger partial charge in [-0.2, -0.15) is 0 Å². The number of amides is 2. The monoisotopic (exact) mass is 487 g/mol. The van der Waals surface area contributed by atoms with Crippen LogP contribution in [0.5, 0.6) is 0 Å². The number of esters is 1. The standard InChI is InChI=1S/C23H29N5O5S/c1-7-32-20(30)18-9-14-17(34-18)8-13(26-14)15-10-24-11-16(27-15)19(29)25-12-23(5,6)28-21(31)33-22(2,3)4/h8-11,26H,7,12H2,1-6H3,(H,25,29)(H,28,31). The molecule has 0 fully saturated rings. The van der Waals surface area contributed by atoms with Crippen molar-refractivity contribution in [2.24, 2.45) is 0 Å². The number of aromatic amines is 1. The number of rotatable bonds is 7. The van der Waals surface area contributed by atoms with E-state index >= 15 is 0 Å². The Kier molecular flexibility index (Phi) is 7.25. The zero-order chi connectivity index (χ0) is 25.1.